The summed E-state index contributed by atoms with van der Waals surface area (Å²) in [5, 5.41) is 0. The molecule has 1 aromatic carbocycles. The van der Waals surface area contributed by atoms with Crippen LogP contribution in [0, 0.1) is 11.7 Å². The molecule has 5 heteroatoms. The number of fused-ring (bicyclic) bond motifs is 2. The summed E-state index contributed by atoms with van der Waals surface area (Å²) < 4.78 is 39.4. The molecule has 2 saturated carbocycles. The smallest absolute Gasteiger partial charge is 0.165 e. The lowest BCUT2D eigenvalue weighted by atomic mass is 9.79. The van der Waals surface area contributed by atoms with E-state index in [0.717, 1.165) is 55.6 Å². The fourth-order valence-electron chi connectivity index (χ4n) is 6.14. The Morgan fingerprint density at radius 2 is 1.72 bits per heavy atom. The number of halogens is 1. The van der Waals surface area contributed by atoms with Crippen molar-refractivity contribution in [3.63, 3.8) is 0 Å². The van der Waals surface area contributed by atoms with Gasteiger partial charge in [-0.2, -0.15) is 0 Å². The SMILES string of the molecule is CCOC(=C1CCC1)/C1=C/C2=C(CCCCC1=C1CCC1)c1cc(F)c(OCCCOC)cc1OC2C(C)C. The zero-order chi connectivity index (χ0) is 27.4. The summed E-state index contributed by atoms with van der Waals surface area (Å²) in [5.74, 6) is 2.00. The third-order valence-corrected chi connectivity index (χ3v) is 8.55. The van der Waals surface area contributed by atoms with Gasteiger partial charge in [0.25, 0.3) is 0 Å². The van der Waals surface area contributed by atoms with Gasteiger partial charge in [-0.1, -0.05) is 19.4 Å². The average Bonchev–Trinajstić information content (AvgIpc) is 2.94. The van der Waals surface area contributed by atoms with Crippen LogP contribution < -0.4 is 9.47 Å². The van der Waals surface area contributed by atoms with Crippen LogP contribution in [0.3, 0.4) is 0 Å². The van der Waals surface area contributed by atoms with E-state index in [4.69, 9.17) is 18.9 Å². The molecule has 0 aromatic heterocycles. The maximum absolute atomic E-state index is 15.4. The summed E-state index contributed by atoms with van der Waals surface area (Å²) in [6, 6.07) is 3.40. The second-order valence-electron chi connectivity index (χ2n) is 11.6. The van der Waals surface area contributed by atoms with E-state index in [1.54, 1.807) is 24.8 Å². The van der Waals surface area contributed by atoms with Gasteiger partial charge in [-0.05, 0) is 111 Å². The standard InChI is InChI=1S/C34H45FO4/c1-5-37-34(24-13-9-14-24)28-19-29-26(16-7-6-15-25(28)23-11-8-12-23)27-20-30(35)32(38-18-10-17-36-4)21-31(27)39-33(29)22(2)3/h19-22,33H,5-18H2,1-4H3/b28-19+. The molecule has 1 unspecified atom stereocenters. The minimum Gasteiger partial charge on any atom is -0.493 e. The van der Waals surface area contributed by atoms with Crippen LogP contribution >= 0.6 is 0 Å². The van der Waals surface area contributed by atoms with Crippen molar-refractivity contribution >= 4 is 5.57 Å². The van der Waals surface area contributed by atoms with E-state index in [2.05, 4.69) is 26.8 Å². The Morgan fingerprint density at radius 3 is 2.33 bits per heavy atom. The van der Waals surface area contributed by atoms with Gasteiger partial charge < -0.3 is 18.9 Å². The van der Waals surface area contributed by atoms with Crippen molar-refractivity contribution in [2.75, 3.05) is 26.9 Å². The Morgan fingerprint density at radius 1 is 0.974 bits per heavy atom. The largest absolute Gasteiger partial charge is 0.493 e. The lowest BCUT2D eigenvalue weighted by Gasteiger charge is -2.34. The zero-order valence-corrected chi connectivity index (χ0v) is 24.3. The topological polar surface area (TPSA) is 36.9 Å². The minimum absolute atomic E-state index is 0.116. The van der Waals surface area contributed by atoms with Gasteiger partial charge in [0, 0.05) is 37.3 Å². The van der Waals surface area contributed by atoms with Crippen LogP contribution in [0.1, 0.15) is 97.0 Å². The lowest BCUT2D eigenvalue weighted by molar-refractivity contribution is 0.168. The molecule has 2 fully saturated rings. The monoisotopic (exact) mass is 536 g/mol. The highest BCUT2D eigenvalue weighted by molar-refractivity contribution is 5.79. The molecular weight excluding hydrogens is 491 g/mol. The number of ether oxygens (including phenoxy) is 4. The van der Waals surface area contributed by atoms with Crippen molar-refractivity contribution in [1.29, 1.82) is 0 Å². The fourth-order valence-corrected chi connectivity index (χ4v) is 6.14. The second kappa shape index (κ2) is 12.8. The molecular formula is C34H45FO4. The zero-order valence-electron chi connectivity index (χ0n) is 24.3. The van der Waals surface area contributed by atoms with Crippen LogP contribution in [0.4, 0.5) is 4.39 Å². The Kier molecular flexibility index (Phi) is 9.17. The van der Waals surface area contributed by atoms with Crippen molar-refractivity contribution in [2.45, 2.75) is 97.5 Å². The highest BCUT2D eigenvalue weighted by atomic mass is 19.1. The molecule has 3 aliphatic carbocycles. The van der Waals surface area contributed by atoms with E-state index in [1.165, 1.54) is 53.5 Å². The van der Waals surface area contributed by atoms with Gasteiger partial charge in [-0.3, -0.25) is 0 Å². The highest BCUT2D eigenvalue weighted by Crippen LogP contribution is 2.48. The Balaban J connectivity index is 1.65. The quantitative estimate of drug-likeness (QED) is 0.233. The first-order valence-electron chi connectivity index (χ1n) is 15.1. The van der Waals surface area contributed by atoms with Gasteiger partial charge in [-0.25, -0.2) is 4.39 Å². The van der Waals surface area contributed by atoms with E-state index in [-0.39, 0.29) is 23.6 Å². The van der Waals surface area contributed by atoms with Gasteiger partial charge >= 0.3 is 0 Å². The fraction of sp³-hybridized carbons (Fsp3) is 0.588. The lowest BCUT2D eigenvalue weighted by Crippen LogP contribution is -2.29. The normalized spacial score (nSPS) is 22.4. The molecule has 0 saturated heterocycles. The molecule has 0 spiro atoms. The average molecular weight is 537 g/mol. The molecule has 1 heterocycles. The molecule has 1 aromatic rings. The summed E-state index contributed by atoms with van der Waals surface area (Å²) in [4.78, 5) is 0. The number of methoxy groups -OCH3 is 1. The molecule has 0 N–H and O–H groups in total. The first-order chi connectivity index (χ1) is 19.0. The molecule has 1 aliphatic heterocycles. The summed E-state index contributed by atoms with van der Waals surface area (Å²) in [6.45, 7) is 8.17. The third-order valence-electron chi connectivity index (χ3n) is 8.55. The minimum atomic E-state index is -0.336. The van der Waals surface area contributed by atoms with Crippen molar-refractivity contribution in [3.8, 4) is 11.5 Å². The molecule has 39 heavy (non-hydrogen) atoms. The Labute approximate surface area is 233 Å². The van der Waals surface area contributed by atoms with Crippen LogP contribution in [-0.4, -0.2) is 33.0 Å². The first kappa shape index (κ1) is 28.0. The van der Waals surface area contributed by atoms with Crippen LogP contribution in [0.15, 0.2) is 51.8 Å². The van der Waals surface area contributed by atoms with E-state index in [0.29, 0.717) is 26.2 Å². The van der Waals surface area contributed by atoms with Crippen LogP contribution in [0.5, 0.6) is 11.5 Å². The van der Waals surface area contributed by atoms with E-state index >= 15 is 4.39 Å². The van der Waals surface area contributed by atoms with Gasteiger partial charge in [0.15, 0.2) is 11.6 Å². The van der Waals surface area contributed by atoms with Crippen molar-refractivity contribution in [3.05, 3.63) is 63.2 Å². The molecule has 0 bridgehead atoms. The van der Waals surface area contributed by atoms with Gasteiger partial charge in [0.1, 0.15) is 17.6 Å². The highest BCUT2D eigenvalue weighted by Gasteiger charge is 2.34. The van der Waals surface area contributed by atoms with E-state index in [1.807, 2.05) is 0 Å². The number of rotatable bonds is 9. The van der Waals surface area contributed by atoms with E-state index < -0.39 is 0 Å². The maximum Gasteiger partial charge on any atom is 0.165 e. The number of allylic oxidation sites excluding steroid dienone is 4. The number of hydrogen-bond acceptors (Lipinski definition) is 4. The summed E-state index contributed by atoms with van der Waals surface area (Å²) in [6.07, 6.45) is 14.3. The summed E-state index contributed by atoms with van der Waals surface area (Å²) in [7, 11) is 1.66. The number of benzene rings is 1. The van der Waals surface area contributed by atoms with Gasteiger partial charge in [0.05, 0.1) is 13.2 Å². The van der Waals surface area contributed by atoms with E-state index in [9.17, 15) is 0 Å². The first-order valence-corrected chi connectivity index (χ1v) is 15.1. The van der Waals surface area contributed by atoms with Crippen LogP contribution in [-0.2, 0) is 9.47 Å². The van der Waals surface area contributed by atoms with Crippen molar-refractivity contribution < 1.29 is 23.3 Å². The second-order valence-corrected chi connectivity index (χ2v) is 11.6. The molecule has 212 valence electrons. The molecule has 1 atom stereocenters. The van der Waals surface area contributed by atoms with Gasteiger partial charge in [0.2, 0.25) is 0 Å². The van der Waals surface area contributed by atoms with Crippen molar-refractivity contribution in [2.24, 2.45) is 5.92 Å². The number of hydrogen-bond donors (Lipinski definition) is 0. The van der Waals surface area contributed by atoms with Gasteiger partial charge in [-0.15, -0.1) is 0 Å². The molecule has 0 radical (unpaired) electrons. The Hall–Kier alpha value is -2.53. The third kappa shape index (κ3) is 5.99. The van der Waals surface area contributed by atoms with Crippen LogP contribution in [0.25, 0.3) is 5.57 Å². The molecule has 0 amide bonds. The van der Waals surface area contributed by atoms with Crippen LogP contribution in [0.2, 0.25) is 0 Å². The predicted octanol–water partition coefficient (Wildman–Crippen LogP) is 8.87. The summed E-state index contributed by atoms with van der Waals surface area (Å²) in [5.41, 5.74) is 9.09. The van der Waals surface area contributed by atoms with Crippen molar-refractivity contribution in [1.82, 2.24) is 0 Å². The molecule has 5 rings (SSSR count). The Bertz CT molecular complexity index is 1150. The predicted molar refractivity (Wildman–Crippen MR) is 154 cm³/mol. The molecule has 4 aliphatic rings. The maximum atomic E-state index is 15.4. The molecule has 4 nitrogen and oxygen atoms in total. The summed E-state index contributed by atoms with van der Waals surface area (Å²) >= 11 is 0.